The molecule has 0 bridgehead atoms. The van der Waals surface area contributed by atoms with Crippen molar-refractivity contribution in [1.29, 1.82) is 0 Å². The summed E-state index contributed by atoms with van der Waals surface area (Å²) < 4.78 is 97.9. The number of anilines is 1. The van der Waals surface area contributed by atoms with E-state index in [2.05, 4.69) is 9.47 Å². The molecule has 0 fully saturated rings. The van der Waals surface area contributed by atoms with Crippen molar-refractivity contribution in [2.75, 3.05) is 25.6 Å². The maximum absolute atomic E-state index is 14.3. The molecule has 0 heterocycles. The van der Waals surface area contributed by atoms with Crippen molar-refractivity contribution in [3.63, 3.8) is 0 Å². The molecule has 1 aromatic carbocycles. The third-order valence-corrected chi connectivity index (χ3v) is 4.73. The van der Waals surface area contributed by atoms with Gasteiger partial charge in [0.15, 0.2) is 0 Å². The molecule has 1 amide bonds. The topological polar surface area (TPSA) is 123 Å². The molecule has 15 heteroatoms. The van der Waals surface area contributed by atoms with Crippen molar-refractivity contribution >= 4 is 23.5 Å². The maximum Gasteiger partial charge on any atom is 0.441 e. The first kappa shape index (κ1) is 30.8. The van der Waals surface area contributed by atoms with Gasteiger partial charge in [-0.05, 0) is 32.4 Å². The van der Waals surface area contributed by atoms with Gasteiger partial charge in [0.2, 0.25) is 5.91 Å². The minimum atomic E-state index is -5.66. The number of halogens is 6. The number of rotatable bonds is 11. The highest BCUT2D eigenvalue weighted by Crippen LogP contribution is 2.43. The lowest BCUT2D eigenvalue weighted by atomic mass is 9.92. The molecule has 2 atom stereocenters. The van der Waals surface area contributed by atoms with Crippen LogP contribution in [0, 0.1) is 0 Å². The summed E-state index contributed by atoms with van der Waals surface area (Å²) in [6, 6.07) is 1.60. The second kappa shape index (κ2) is 11.7. The molecule has 0 unspecified atom stereocenters. The fourth-order valence-electron chi connectivity index (χ4n) is 2.99. The minimum Gasteiger partial charge on any atom is -0.495 e. The monoisotopic (exact) mass is 532 g/mol. The van der Waals surface area contributed by atoms with Gasteiger partial charge in [-0.1, -0.05) is 13.0 Å². The van der Waals surface area contributed by atoms with Gasteiger partial charge in [-0.3, -0.25) is 4.79 Å². The number of carbonyl (C=O) groups excluding carboxylic acids is 3. The van der Waals surface area contributed by atoms with E-state index in [0.29, 0.717) is 18.2 Å². The molecule has 9 nitrogen and oxygen atoms in total. The van der Waals surface area contributed by atoms with Crippen molar-refractivity contribution in [2.24, 2.45) is 0 Å². The van der Waals surface area contributed by atoms with Gasteiger partial charge in [0.25, 0.3) is 5.60 Å². The van der Waals surface area contributed by atoms with E-state index in [1.165, 1.54) is 26.1 Å². The smallest absolute Gasteiger partial charge is 0.441 e. The first-order valence-corrected chi connectivity index (χ1v) is 10.5. The van der Waals surface area contributed by atoms with E-state index in [1.54, 1.807) is 5.32 Å². The van der Waals surface area contributed by atoms with E-state index in [9.17, 15) is 45.8 Å². The molecule has 3 N–H and O–H groups in total. The third-order valence-electron chi connectivity index (χ3n) is 4.73. The van der Waals surface area contributed by atoms with E-state index in [4.69, 9.17) is 4.74 Å². The predicted molar refractivity (Wildman–Crippen MR) is 112 cm³/mol. The van der Waals surface area contributed by atoms with Crippen LogP contribution in [-0.4, -0.2) is 61.3 Å². The highest BCUT2D eigenvalue weighted by Gasteiger charge is 2.65. The number of hydrogen-bond acceptors (Lipinski definition) is 8. The normalized spacial score (nSPS) is 15.2. The Bertz CT molecular complexity index is 954. The molecular formula is C21H26F6N2O7. The van der Waals surface area contributed by atoms with Gasteiger partial charge < -0.3 is 30.0 Å². The van der Waals surface area contributed by atoms with Crippen molar-refractivity contribution in [1.82, 2.24) is 5.32 Å². The Morgan fingerprint density at radius 1 is 0.917 bits per heavy atom. The zero-order chi connectivity index (χ0) is 27.9. The van der Waals surface area contributed by atoms with Gasteiger partial charge in [0, 0.05) is 12.0 Å². The first-order chi connectivity index (χ1) is 16.5. The van der Waals surface area contributed by atoms with Crippen molar-refractivity contribution < 1.29 is 60.0 Å². The number of methoxy groups -OCH3 is 1. The summed E-state index contributed by atoms with van der Waals surface area (Å²) in [7, 11) is 0.955. The summed E-state index contributed by atoms with van der Waals surface area (Å²) in [4.78, 5) is 36.7. The van der Waals surface area contributed by atoms with Crippen LogP contribution in [0.15, 0.2) is 18.2 Å². The van der Waals surface area contributed by atoms with Crippen LogP contribution in [-0.2, 0) is 29.5 Å². The molecule has 1 rings (SSSR count). The number of alkyl halides is 6. The quantitative estimate of drug-likeness (QED) is 0.226. The SMILES string of the molecule is CCCC(=O)N[C@@](Nc1cc([C@@](O)(C(=O)OCC)C(F)(F)F)ccc1OC)(C(=O)OCC)C(F)(F)F. The lowest BCUT2D eigenvalue weighted by Gasteiger charge is -2.36. The van der Waals surface area contributed by atoms with Gasteiger partial charge in [0.1, 0.15) is 5.75 Å². The Morgan fingerprint density at radius 2 is 1.47 bits per heavy atom. The Hall–Kier alpha value is -3.23. The van der Waals surface area contributed by atoms with Crippen molar-refractivity contribution in [3.05, 3.63) is 23.8 Å². The van der Waals surface area contributed by atoms with Gasteiger partial charge in [-0.25, -0.2) is 9.59 Å². The summed E-state index contributed by atoms with van der Waals surface area (Å²) in [5.41, 5.74) is -10.5. The fourth-order valence-corrected chi connectivity index (χ4v) is 2.99. The Balaban J connectivity index is 3.87. The summed E-state index contributed by atoms with van der Waals surface area (Å²) in [6.07, 6.45) is -11.6. The molecule has 0 aliphatic rings. The molecule has 0 radical (unpaired) electrons. The first-order valence-electron chi connectivity index (χ1n) is 10.5. The fraction of sp³-hybridized carbons (Fsp3) is 0.571. The Kier molecular flexibility index (Phi) is 9.98. The van der Waals surface area contributed by atoms with E-state index in [1.807, 2.05) is 0 Å². The van der Waals surface area contributed by atoms with E-state index < -0.39 is 78.1 Å². The number of benzene rings is 1. The zero-order valence-corrected chi connectivity index (χ0v) is 19.7. The number of hydrogen-bond donors (Lipinski definition) is 3. The number of esters is 2. The third kappa shape index (κ3) is 6.12. The van der Waals surface area contributed by atoms with Crippen LogP contribution in [0.3, 0.4) is 0 Å². The highest BCUT2D eigenvalue weighted by atomic mass is 19.4. The van der Waals surface area contributed by atoms with Crippen LogP contribution < -0.4 is 15.4 Å². The molecule has 0 spiro atoms. The number of carbonyl (C=O) groups is 3. The highest BCUT2D eigenvalue weighted by molar-refractivity contribution is 5.92. The van der Waals surface area contributed by atoms with Crippen LogP contribution in [0.1, 0.15) is 39.2 Å². The molecule has 204 valence electrons. The molecule has 0 aromatic heterocycles. The number of nitrogens with one attached hydrogen (secondary N) is 2. The average Bonchev–Trinajstić information content (AvgIpc) is 2.76. The van der Waals surface area contributed by atoms with E-state index in [0.717, 1.165) is 7.11 Å². The van der Waals surface area contributed by atoms with Crippen LogP contribution in [0.5, 0.6) is 5.75 Å². The standard InChI is InChI=1S/C21H26F6N2O7/c1-5-8-15(30)29-19(21(25,26)27,17(32)36-7-3)28-13-11-12(9-10-14(13)34-4)18(33,20(22,23)24)16(31)35-6-2/h9-11,28,33H,5-8H2,1-4H3,(H,29,30)/t18-,19+/m1/s1. The van der Waals surface area contributed by atoms with Crippen LogP contribution >= 0.6 is 0 Å². The van der Waals surface area contributed by atoms with E-state index in [-0.39, 0.29) is 6.42 Å². The molecule has 1 aromatic rings. The summed E-state index contributed by atoms with van der Waals surface area (Å²) in [6.45, 7) is 2.74. The molecule has 0 aliphatic carbocycles. The molecule has 36 heavy (non-hydrogen) atoms. The number of ether oxygens (including phenoxy) is 3. The zero-order valence-electron chi connectivity index (χ0n) is 19.7. The Morgan fingerprint density at radius 3 is 1.92 bits per heavy atom. The van der Waals surface area contributed by atoms with Crippen LogP contribution in [0.2, 0.25) is 0 Å². The number of aliphatic hydroxyl groups is 1. The average molecular weight is 532 g/mol. The lowest BCUT2D eigenvalue weighted by molar-refractivity contribution is -0.267. The van der Waals surface area contributed by atoms with Crippen LogP contribution in [0.4, 0.5) is 32.0 Å². The van der Waals surface area contributed by atoms with Gasteiger partial charge in [-0.15, -0.1) is 0 Å². The molecule has 0 aliphatic heterocycles. The Labute approximate surface area is 202 Å². The van der Waals surface area contributed by atoms with Gasteiger partial charge >= 0.3 is 30.0 Å². The van der Waals surface area contributed by atoms with E-state index >= 15 is 0 Å². The lowest BCUT2D eigenvalue weighted by Crippen LogP contribution is -2.69. The minimum absolute atomic E-state index is 0.0968. The van der Waals surface area contributed by atoms with Crippen LogP contribution in [0.25, 0.3) is 0 Å². The van der Waals surface area contributed by atoms with Gasteiger partial charge in [-0.2, -0.15) is 26.3 Å². The summed E-state index contributed by atoms with van der Waals surface area (Å²) in [5.74, 6) is -5.93. The molecular weight excluding hydrogens is 506 g/mol. The largest absolute Gasteiger partial charge is 0.495 e. The maximum atomic E-state index is 14.3. The second-order valence-electron chi connectivity index (χ2n) is 7.24. The summed E-state index contributed by atoms with van der Waals surface area (Å²) >= 11 is 0. The second-order valence-corrected chi connectivity index (χ2v) is 7.24. The summed E-state index contributed by atoms with van der Waals surface area (Å²) in [5, 5.41) is 13.5. The van der Waals surface area contributed by atoms with Crippen molar-refractivity contribution in [2.45, 2.75) is 57.2 Å². The molecule has 0 saturated carbocycles. The number of amides is 1. The predicted octanol–water partition coefficient (Wildman–Crippen LogP) is 3.16. The van der Waals surface area contributed by atoms with Crippen molar-refractivity contribution in [3.8, 4) is 5.75 Å². The van der Waals surface area contributed by atoms with Gasteiger partial charge in [0.05, 0.1) is 26.0 Å². The molecule has 0 saturated heterocycles.